The van der Waals surface area contributed by atoms with Crippen LogP contribution in [-0.2, 0) is 6.54 Å². The van der Waals surface area contributed by atoms with Crippen molar-refractivity contribution in [3.05, 3.63) is 29.8 Å². The van der Waals surface area contributed by atoms with Crippen molar-refractivity contribution in [2.24, 2.45) is 0 Å². The molecule has 0 aliphatic carbocycles. The Morgan fingerprint density at radius 1 is 1.29 bits per heavy atom. The number of pyridine rings is 1. The standard InChI is InChI=1S/C13H14N4/c1-3-17-13-10(12(14)16-17)7-9-5-4-8(2)6-11(9)15-13/h4-7H,3H2,1-2H3,(H2,14,16). The van der Waals surface area contributed by atoms with Gasteiger partial charge in [-0.1, -0.05) is 12.1 Å². The van der Waals surface area contributed by atoms with Crippen LogP contribution in [0.3, 0.4) is 0 Å². The van der Waals surface area contributed by atoms with Crippen molar-refractivity contribution < 1.29 is 0 Å². The van der Waals surface area contributed by atoms with E-state index in [-0.39, 0.29) is 0 Å². The number of aromatic nitrogens is 3. The maximum atomic E-state index is 5.90. The van der Waals surface area contributed by atoms with Crippen LogP contribution in [0.15, 0.2) is 24.3 Å². The number of nitrogen functional groups attached to an aromatic ring is 1. The molecule has 0 amide bonds. The van der Waals surface area contributed by atoms with Gasteiger partial charge >= 0.3 is 0 Å². The molecule has 0 radical (unpaired) electrons. The van der Waals surface area contributed by atoms with Crippen LogP contribution >= 0.6 is 0 Å². The lowest BCUT2D eigenvalue weighted by molar-refractivity contribution is 0.681. The van der Waals surface area contributed by atoms with Crippen molar-refractivity contribution in [3.63, 3.8) is 0 Å². The van der Waals surface area contributed by atoms with Gasteiger partial charge in [0, 0.05) is 11.9 Å². The third-order valence-corrected chi connectivity index (χ3v) is 3.00. The molecule has 0 bridgehead atoms. The fourth-order valence-corrected chi connectivity index (χ4v) is 2.10. The summed E-state index contributed by atoms with van der Waals surface area (Å²) < 4.78 is 1.84. The number of anilines is 1. The predicted molar refractivity (Wildman–Crippen MR) is 69.9 cm³/mol. The summed E-state index contributed by atoms with van der Waals surface area (Å²) >= 11 is 0. The van der Waals surface area contributed by atoms with Gasteiger partial charge in [0.05, 0.1) is 10.9 Å². The summed E-state index contributed by atoms with van der Waals surface area (Å²) in [6.45, 7) is 4.88. The smallest absolute Gasteiger partial charge is 0.160 e. The Morgan fingerprint density at radius 3 is 2.88 bits per heavy atom. The Labute approximate surface area is 99.1 Å². The van der Waals surface area contributed by atoms with Gasteiger partial charge in [0.25, 0.3) is 0 Å². The van der Waals surface area contributed by atoms with Gasteiger partial charge in [0.2, 0.25) is 0 Å². The largest absolute Gasteiger partial charge is 0.382 e. The summed E-state index contributed by atoms with van der Waals surface area (Å²) in [7, 11) is 0. The SMILES string of the molecule is CCn1nc(N)c2cc3ccc(C)cc3nc21. The number of benzene rings is 1. The van der Waals surface area contributed by atoms with Gasteiger partial charge in [-0.05, 0) is 31.5 Å². The Hall–Kier alpha value is -2.10. The fraction of sp³-hybridized carbons (Fsp3) is 0.231. The molecule has 0 aliphatic rings. The second-order valence-corrected chi connectivity index (χ2v) is 4.26. The van der Waals surface area contributed by atoms with Gasteiger partial charge in [-0.2, -0.15) is 5.10 Å². The highest BCUT2D eigenvalue weighted by molar-refractivity contribution is 5.96. The summed E-state index contributed by atoms with van der Waals surface area (Å²) in [5.74, 6) is 0.553. The zero-order valence-electron chi connectivity index (χ0n) is 9.94. The number of nitrogens with zero attached hydrogens (tertiary/aromatic N) is 3. The second-order valence-electron chi connectivity index (χ2n) is 4.26. The van der Waals surface area contributed by atoms with E-state index >= 15 is 0 Å². The van der Waals surface area contributed by atoms with Crippen LogP contribution in [0.5, 0.6) is 0 Å². The molecule has 0 unspecified atom stereocenters. The Kier molecular flexibility index (Phi) is 2.04. The Bertz CT molecular complexity index is 712. The van der Waals surface area contributed by atoms with Crippen LogP contribution in [0.25, 0.3) is 21.9 Å². The molecule has 0 aliphatic heterocycles. The maximum Gasteiger partial charge on any atom is 0.160 e. The first-order valence-electron chi connectivity index (χ1n) is 5.72. The summed E-state index contributed by atoms with van der Waals surface area (Å²) in [6, 6.07) is 8.29. The highest BCUT2D eigenvalue weighted by Gasteiger charge is 2.09. The molecular weight excluding hydrogens is 212 g/mol. The zero-order valence-corrected chi connectivity index (χ0v) is 9.94. The number of rotatable bonds is 1. The van der Waals surface area contributed by atoms with Crippen LogP contribution < -0.4 is 5.73 Å². The Balaban J connectivity index is 2.45. The van der Waals surface area contributed by atoms with Gasteiger partial charge in [-0.25, -0.2) is 9.67 Å². The molecule has 2 heterocycles. The monoisotopic (exact) mass is 226 g/mol. The number of hydrogen-bond acceptors (Lipinski definition) is 3. The third kappa shape index (κ3) is 1.45. The van der Waals surface area contributed by atoms with Gasteiger partial charge in [-0.15, -0.1) is 0 Å². The first-order chi connectivity index (χ1) is 8.19. The number of nitrogens with two attached hydrogens (primary N) is 1. The van der Waals surface area contributed by atoms with Crippen LogP contribution in [-0.4, -0.2) is 14.8 Å². The third-order valence-electron chi connectivity index (χ3n) is 3.00. The summed E-state index contributed by atoms with van der Waals surface area (Å²) in [4.78, 5) is 4.65. The van der Waals surface area contributed by atoms with Crippen molar-refractivity contribution in [1.82, 2.24) is 14.8 Å². The van der Waals surface area contributed by atoms with Gasteiger partial charge in [0.1, 0.15) is 0 Å². The van der Waals surface area contributed by atoms with E-state index in [2.05, 4.69) is 41.3 Å². The summed E-state index contributed by atoms with van der Waals surface area (Å²) in [5, 5.41) is 6.32. The first-order valence-corrected chi connectivity index (χ1v) is 5.72. The van der Waals surface area contributed by atoms with E-state index in [4.69, 9.17) is 5.73 Å². The molecule has 3 rings (SSSR count). The van der Waals surface area contributed by atoms with E-state index in [9.17, 15) is 0 Å². The summed E-state index contributed by atoms with van der Waals surface area (Å²) in [6.07, 6.45) is 0. The average Bonchev–Trinajstić information content (AvgIpc) is 2.63. The second kappa shape index (κ2) is 3.45. The van der Waals surface area contributed by atoms with Crippen LogP contribution in [0, 0.1) is 6.92 Å². The van der Waals surface area contributed by atoms with Crippen molar-refractivity contribution >= 4 is 27.8 Å². The fourth-order valence-electron chi connectivity index (χ4n) is 2.10. The molecule has 2 N–H and O–H groups in total. The minimum Gasteiger partial charge on any atom is -0.382 e. The molecule has 0 atom stereocenters. The number of hydrogen-bond donors (Lipinski definition) is 1. The molecule has 4 nitrogen and oxygen atoms in total. The topological polar surface area (TPSA) is 56.7 Å². The van der Waals surface area contributed by atoms with Crippen molar-refractivity contribution in [3.8, 4) is 0 Å². The van der Waals surface area contributed by atoms with Crippen molar-refractivity contribution in [1.29, 1.82) is 0 Å². The van der Waals surface area contributed by atoms with Gasteiger partial charge in [-0.3, -0.25) is 0 Å². The molecule has 86 valence electrons. The highest BCUT2D eigenvalue weighted by atomic mass is 15.3. The number of aryl methyl sites for hydroxylation is 2. The molecule has 4 heteroatoms. The van der Waals surface area contributed by atoms with Gasteiger partial charge < -0.3 is 5.73 Å². The predicted octanol–water partition coefficient (Wildman–Crippen LogP) is 2.50. The highest BCUT2D eigenvalue weighted by Crippen LogP contribution is 2.24. The lowest BCUT2D eigenvalue weighted by Crippen LogP contribution is -1.98. The van der Waals surface area contributed by atoms with E-state index in [0.717, 1.165) is 28.5 Å². The quantitative estimate of drug-likeness (QED) is 0.693. The minimum atomic E-state index is 0.553. The van der Waals surface area contributed by atoms with Crippen LogP contribution in [0.1, 0.15) is 12.5 Å². The molecule has 17 heavy (non-hydrogen) atoms. The summed E-state index contributed by atoms with van der Waals surface area (Å²) in [5.41, 5.74) is 8.97. The van der Waals surface area contributed by atoms with Crippen LogP contribution in [0.4, 0.5) is 5.82 Å². The Morgan fingerprint density at radius 2 is 2.12 bits per heavy atom. The molecule has 0 spiro atoms. The molecule has 2 aromatic heterocycles. The van der Waals surface area contributed by atoms with E-state index in [1.54, 1.807) is 0 Å². The zero-order chi connectivity index (χ0) is 12.0. The average molecular weight is 226 g/mol. The number of fused-ring (bicyclic) bond motifs is 2. The van der Waals surface area contributed by atoms with E-state index in [1.807, 2.05) is 11.6 Å². The molecule has 0 fully saturated rings. The van der Waals surface area contributed by atoms with E-state index in [1.165, 1.54) is 5.56 Å². The molecule has 3 aromatic rings. The first kappa shape index (κ1) is 10.1. The molecule has 0 saturated carbocycles. The van der Waals surface area contributed by atoms with E-state index < -0.39 is 0 Å². The van der Waals surface area contributed by atoms with Crippen molar-refractivity contribution in [2.75, 3.05) is 5.73 Å². The van der Waals surface area contributed by atoms with Gasteiger partial charge in [0.15, 0.2) is 11.5 Å². The lowest BCUT2D eigenvalue weighted by atomic mass is 10.1. The van der Waals surface area contributed by atoms with Crippen LogP contribution in [0.2, 0.25) is 0 Å². The maximum absolute atomic E-state index is 5.90. The van der Waals surface area contributed by atoms with Crippen molar-refractivity contribution in [2.45, 2.75) is 20.4 Å². The normalized spacial score (nSPS) is 11.4. The molecular formula is C13H14N4. The molecule has 1 aromatic carbocycles. The minimum absolute atomic E-state index is 0.553. The molecule has 0 saturated heterocycles. The van der Waals surface area contributed by atoms with E-state index in [0.29, 0.717) is 5.82 Å². The lowest BCUT2D eigenvalue weighted by Gasteiger charge is -2.01.